The van der Waals surface area contributed by atoms with Crippen molar-refractivity contribution in [2.75, 3.05) is 6.61 Å². The van der Waals surface area contributed by atoms with Crippen LogP contribution in [0.4, 0.5) is 0 Å². The van der Waals surface area contributed by atoms with Crippen LogP contribution in [0.1, 0.15) is 19.8 Å². The molecule has 20 heavy (non-hydrogen) atoms. The molecule has 1 aromatic heterocycles. The number of nitrogens with one attached hydrogen (secondary N) is 1. The van der Waals surface area contributed by atoms with Gasteiger partial charge in [0, 0.05) is 16.6 Å². The zero-order valence-corrected chi connectivity index (χ0v) is 11.7. The summed E-state index contributed by atoms with van der Waals surface area (Å²) < 4.78 is 5.69. The first-order valence-corrected chi connectivity index (χ1v) is 7.18. The van der Waals surface area contributed by atoms with E-state index in [9.17, 15) is 0 Å². The Morgan fingerprint density at radius 2 is 1.80 bits per heavy atom. The molecule has 0 aliphatic carbocycles. The number of rotatable bonds is 5. The molecule has 2 nitrogen and oxygen atoms in total. The van der Waals surface area contributed by atoms with E-state index in [-0.39, 0.29) is 0 Å². The Labute approximate surface area is 119 Å². The molecule has 3 aromatic rings. The van der Waals surface area contributed by atoms with Crippen molar-refractivity contribution in [1.29, 1.82) is 0 Å². The van der Waals surface area contributed by atoms with E-state index in [2.05, 4.69) is 48.3 Å². The molecule has 102 valence electrons. The van der Waals surface area contributed by atoms with Gasteiger partial charge in [-0.2, -0.15) is 0 Å². The lowest BCUT2D eigenvalue weighted by Crippen LogP contribution is -1.95. The van der Waals surface area contributed by atoms with Crippen LogP contribution in [0.15, 0.2) is 54.6 Å². The number of hydrogen-bond donors (Lipinski definition) is 1. The lowest BCUT2D eigenvalue weighted by molar-refractivity contribution is 0.309. The number of H-pyrrole nitrogens is 1. The summed E-state index contributed by atoms with van der Waals surface area (Å²) in [6.07, 6.45) is 2.26. The molecule has 2 heteroatoms. The van der Waals surface area contributed by atoms with Crippen molar-refractivity contribution in [2.24, 2.45) is 0 Å². The molecule has 0 radical (unpaired) electrons. The van der Waals surface area contributed by atoms with Crippen molar-refractivity contribution in [3.8, 4) is 17.0 Å². The molecule has 2 aromatic carbocycles. The maximum atomic E-state index is 5.69. The third-order valence-corrected chi connectivity index (χ3v) is 3.46. The first-order valence-electron chi connectivity index (χ1n) is 7.18. The van der Waals surface area contributed by atoms with Gasteiger partial charge >= 0.3 is 0 Å². The quantitative estimate of drug-likeness (QED) is 0.644. The molecule has 0 atom stereocenters. The number of aromatic nitrogens is 1. The molecular weight excluding hydrogens is 246 g/mol. The van der Waals surface area contributed by atoms with E-state index >= 15 is 0 Å². The minimum absolute atomic E-state index is 0.794. The van der Waals surface area contributed by atoms with Gasteiger partial charge in [0.25, 0.3) is 0 Å². The highest BCUT2D eigenvalue weighted by molar-refractivity contribution is 5.85. The summed E-state index contributed by atoms with van der Waals surface area (Å²) in [5, 5.41) is 1.24. The largest absolute Gasteiger partial charge is 0.494 e. The summed E-state index contributed by atoms with van der Waals surface area (Å²) in [5.41, 5.74) is 3.50. The van der Waals surface area contributed by atoms with Gasteiger partial charge in [0.15, 0.2) is 0 Å². The third kappa shape index (κ3) is 2.69. The number of fused-ring (bicyclic) bond motifs is 1. The molecule has 0 saturated carbocycles. The van der Waals surface area contributed by atoms with Crippen LogP contribution in [-0.2, 0) is 0 Å². The van der Waals surface area contributed by atoms with Crippen molar-refractivity contribution < 1.29 is 4.74 Å². The summed E-state index contributed by atoms with van der Waals surface area (Å²) >= 11 is 0. The second kappa shape index (κ2) is 5.83. The van der Waals surface area contributed by atoms with Crippen molar-refractivity contribution >= 4 is 10.9 Å². The van der Waals surface area contributed by atoms with Crippen molar-refractivity contribution in [1.82, 2.24) is 4.98 Å². The predicted octanol–water partition coefficient (Wildman–Crippen LogP) is 5.01. The number of benzene rings is 2. The van der Waals surface area contributed by atoms with Gasteiger partial charge in [-0.15, -0.1) is 0 Å². The SMILES string of the molecule is CCCCOc1ccc(-c2cc3ccccc3[nH]2)cc1. The van der Waals surface area contributed by atoms with E-state index in [4.69, 9.17) is 4.74 Å². The molecule has 0 spiro atoms. The van der Waals surface area contributed by atoms with Gasteiger partial charge in [0.2, 0.25) is 0 Å². The fraction of sp³-hybridized carbons (Fsp3) is 0.222. The van der Waals surface area contributed by atoms with Crippen LogP contribution in [0.3, 0.4) is 0 Å². The maximum absolute atomic E-state index is 5.69. The van der Waals surface area contributed by atoms with Crippen LogP contribution in [0.5, 0.6) is 5.75 Å². The van der Waals surface area contributed by atoms with Crippen LogP contribution < -0.4 is 4.74 Å². The first-order chi connectivity index (χ1) is 9.86. The monoisotopic (exact) mass is 265 g/mol. The molecule has 3 rings (SSSR count). The molecule has 0 fully saturated rings. The number of aromatic amines is 1. The van der Waals surface area contributed by atoms with Gasteiger partial charge in [-0.05, 0) is 48.4 Å². The van der Waals surface area contributed by atoms with Gasteiger partial charge in [0.05, 0.1) is 6.61 Å². The van der Waals surface area contributed by atoms with E-state index in [0.29, 0.717) is 0 Å². The summed E-state index contributed by atoms with van der Waals surface area (Å²) in [4.78, 5) is 3.44. The lowest BCUT2D eigenvalue weighted by atomic mass is 10.1. The average molecular weight is 265 g/mol. The Balaban J connectivity index is 1.79. The van der Waals surface area contributed by atoms with Crippen LogP contribution in [-0.4, -0.2) is 11.6 Å². The standard InChI is InChI=1S/C18H19NO/c1-2-3-12-20-16-10-8-14(9-11-16)18-13-15-6-4-5-7-17(15)19-18/h4-11,13,19H,2-3,12H2,1H3. The van der Waals surface area contributed by atoms with Gasteiger partial charge in [0.1, 0.15) is 5.75 Å². The number of hydrogen-bond acceptors (Lipinski definition) is 1. The lowest BCUT2D eigenvalue weighted by Gasteiger charge is -2.05. The minimum Gasteiger partial charge on any atom is -0.494 e. The molecule has 0 amide bonds. The van der Waals surface area contributed by atoms with Crippen LogP contribution in [0.2, 0.25) is 0 Å². The normalized spacial score (nSPS) is 10.8. The molecule has 1 N–H and O–H groups in total. The predicted molar refractivity (Wildman–Crippen MR) is 84.1 cm³/mol. The fourth-order valence-corrected chi connectivity index (χ4v) is 2.29. The zero-order valence-electron chi connectivity index (χ0n) is 11.7. The van der Waals surface area contributed by atoms with Crippen molar-refractivity contribution in [3.05, 3.63) is 54.6 Å². The van der Waals surface area contributed by atoms with E-state index in [1.54, 1.807) is 0 Å². The Hall–Kier alpha value is -2.22. The molecule has 0 unspecified atom stereocenters. The first kappa shape index (κ1) is 12.8. The highest BCUT2D eigenvalue weighted by Crippen LogP contribution is 2.25. The van der Waals surface area contributed by atoms with Gasteiger partial charge in [-0.3, -0.25) is 0 Å². The van der Waals surface area contributed by atoms with Crippen LogP contribution >= 0.6 is 0 Å². The van der Waals surface area contributed by atoms with E-state index in [0.717, 1.165) is 30.9 Å². The van der Waals surface area contributed by atoms with Crippen LogP contribution in [0, 0.1) is 0 Å². The molecule has 0 bridgehead atoms. The van der Waals surface area contributed by atoms with E-state index in [1.165, 1.54) is 16.5 Å². The second-order valence-electron chi connectivity index (χ2n) is 5.00. The fourth-order valence-electron chi connectivity index (χ4n) is 2.29. The second-order valence-corrected chi connectivity index (χ2v) is 5.00. The summed E-state index contributed by atoms with van der Waals surface area (Å²) in [7, 11) is 0. The smallest absolute Gasteiger partial charge is 0.119 e. The minimum atomic E-state index is 0.794. The maximum Gasteiger partial charge on any atom is 0.119 e. The highest BCUT2D eigenvalue weighted by atomic mass is 16.5. The number of unbranched alkanes of at least 4 members (excludes halogenated alkanes) is 1. The van der Waals surface area contributed by atoms with E-state index in [1.807, 2.05) is 18.2 Å². The Morgan fingerprint density at radius 1 is 1.00 bits per heavy atom. The summed E-state index contributed by atoms with van der Waals surface area (Å²) in [6, 6.07) is 18.8. The Morgan fingerprint density at radius 3 is 2.55 bits per heavy atom. The van der Waals surface area contributed by atoms with E-state index < -0.39 is 0 Å². The highest BCUT2D eigenvalue weighted by Gasteiger charge is 2.03. The summed E-state index contributed by atoms with van der Waals surface area (Å²) in [6.45, 7) is 2.96. The Kier molecular flexibility index (Phi) is 3.73. The average Bonchev–Trinajstić information content (AvgIpc) is 2.92. The Bertz CT molecular complexity index is 649. The molecule has 1 heterocycles. The third-order valence-electron chi connectivity index (χ3n) is 3.46. The molecule has 0 saturated heterocycles. The zero-order chi connectivity index (χ0) is 13.8. The number of ether oxygens (including phenoxy) is 1. The van der Waals surface area contributed by atoms with Gasteiger partial charge < -0.3 is 9.72 Å². The molecular formula is C18H19NO. The van der Waals surface area contributed by atoms with Crippen molar-refractivity contribution in [3.63, 3.8) is 0 Å². The van der Waals surface area contributed by atoms with Gasteiger partial charge in [-0.1, -0.05) is 31.5 Å². The number of para-hydroxylation sites is 1. The molecule has 0 aliphatic rings. The van der Waals surface area contributed by atoms with Gasteiger partial charge in [-0.25, -0.2) is 0 Å². The van der Waals surface area contributed by atoms with Crippen LogP contribution in [0.25, 0.3) is 22.2 Å². The summed E-state index contributed by atoms with van der Waals surface area (Å²) in [5.74, 6) is 0.943. The van der Waals surface area contributed by atoms with Crippen molar-refractivity contribution in [2.45, 2.75) is 19.8 Å². The topological polar surface area (TPSA) is 25.0 Å². The molecule has 0 aliphatic heterocycles.